The van der Waals surface area contributed by atoms with E-state index in [0.29, 0.717) is 6.54 Å². The number of hydrogen-bond donors (Lipinski definition) is 2. The Hall–Kier alpha value is -1.88. The zero-order valence-corrected chi connectivity index (χ0v) is 10.6. The number of carboxylic acids is 1. The van der Waals surface area contributed by atoms with Gasteiger partial charge in [0, 0.05) is 13.6 Å². The molecule has 1 rings (SSSR count). The van der Waals surface area contributed by atoms with Crippen molar-refractivity contribution >= 4 is 11.9 Å². The van der Waals surface area contributed by atoms with Gasteiger partial charge in [-0.1, -0.05) is 29.8 Å². The SMILES string of the molecule is Cc1ccc(CN(C)C(=O)C(N)CC(=O)O)cc1. The molecule has 3 N–H and O–H groups in total. The van der Waals surface area contributed by atoms with Crippen LogP contribution in [0.25, 0.3) is 0 Å². The number of aliphatic carboxylic acids is 1. The Morgan fingerprint density at radius 2 is 1.89 bits per heavy atom. The summed E-state index contributed by atoms with van der Waals surface area (Å²) in [6, 6.07) is 6.80. The van der Waals surface area contributed by atoms with Gasteiger partial charge in [0.05, 0.1) is 12.5 Å². The van der Waals surface area contributed by atoms with Crippen LogP contribution >= 0.6 is 0 Å². The quantitative estimate of drug-likeness (QED) is 0.808. The van der Waals surface area contributed by atoms with Crippen LogP contribution in [0.3, 0.4) is 0 Å². The van der Waals surface area contributed by atoms with Crippen LogP contribution in [-0.2, 0) is 16.1 Å². The van der Waals surface area contributed by atoms with Crippen LogP contribution in [0.1, 0.15) is 17.5 Å². The minimum atomic E-state index is -1.07. The number of likely N-dealkylation sites (N-methyl/N-ethyl adjacent to an activating group) is 1. The first kappa shape index (κ1) is 14.2. The number of carboxylic acid groups (broad SMARTS) is 1. The number of hydrogen-bond acceptors (Lipinski definition) is 3. The summed E-state index contributed by atoms with van der Waals surface area (Å²) in [5.41, 5.74) is 7.66. The van der Waals surface area contributed by atoms with Crippen molar-refractivity contribution in [3.8, 4) is 0 Å². The van der Waals surface area contributed by atoms with Crippen molar-refractivity contribution < 1.29 is 14.7 Å². The third-order valence-electron chi connectivity index (χ3n) is 2.63. The Kier molecular flexibility index (Phi) is 4.85. The molecule has 0 fully saturated rings. The summed E-state index contributed by atoms with van der Waals surface area (Å²) in [6.07, 6.45) is -0.350. The highest BCUT2D eigenvalue weighted by Gasteiger charge is 2.20. The highest BCUT2D eigenvalue weighted by atomic mass is 16.4. The van der Waals surface area contributed by atoms with Crippen molar-refractivity contribution in [1.29, 1.82) is 0 Å². The van der Waals surface area contributed by atoms with Crippen molar-refractivity contribution in [2.24, 2.45) is 5.73 Å². The normalized spacial score (nSPS) is 11.9. The summed E-state index contributed by atoms with van der Waals surface area (Å²) in [4.78, 5) is 23.7. The van der Waals surface area contributed by atoms with Crippen LogP contribution < -0.4 is 5.73 Å². The molecule has 0 aromatic heterocycles. The molecule has 0 saturated heterocycles. The van der Waals surface area contributed by atoms with Gasteiger partial charge in [-0.25, -0.2) is 0 Å². The van der Waals surface area contributed by atoms with Gasteiger partial charge in [0.15, 0.2) is 0 Å². The Morgan fingerprint density at radius 3 is 2.39 bits per heavy atom. The van der Waals surface area contributed by atoms with Crippen molar-refractivity contribution in [1.82, 2.24) is 4.90 Å². The first-order valence-corrected chi connectivity index (χ1v) is 5.68. The second-order valence-corrected chi connectivity index (χ2v) is 4.38. The molecule has 18 heavy (non-hydrogen) atoms. The number of carbonyl (C=O) groups is 2. The first-order chi connectivity index (χ1) is 8.40. The number of nitrogens with zero attached hydrogens (tertiary/aromatic N) is 1. The predicted molar refractivity (Wildman–Crippen MR) is 67.9 cm³/mol. The summed E-state index contributed by atoms with van der Waals surface area (Å²) in [5.74, 6) is -1.43. The summed E-state index contributed by atoms with van der Waals surface area (Å²) in [5, 5.41) is 8.58. The lowest BCUT2D eigenvalue weighted by Crippen LogP contribution is -2.42. The van der Waals surface area contributed by atoms with Gasteiger partial charge in [-0.15, -0.1) is 0 Å². The van der Waals surface area contributed by atoms with E-state index < -0.39 is 12.0 Å². The van der Waals surface area contributed by atoms with E-state index in [2.05, 4.69) is 0 Å². The van der Waals surface area contributed by atoms with Gasteiger partial charge in [-0.2, -0.15) is 0 Å². The Morgan fingerprint density at radius 1 is 1.33 bits per heavy atom. The maximum absolute atomic E-state index is 11.8. The Balaban J connectivity index is 2.59. The smallest absolute Gasteiger partial charge is 0.305 e. The zero-order chi connectivity index (χ0) is 13.7. The molecule has 1 aromatic carbocycles. The molecule has 0 bridgehead atoms. The van der Waals surface area contributed by atoms with Gasteiger partial charge in [0.25, 0.3) is 0 Å². The molecule has 0 spiro atoms. The number of benzene rings is 1. The largest absolute Gasteiger partial charge is 0.481 e. The van der Waals surface area contributed by atoms with Gasteiger partial charge >= 0.3 is 5.97 Å². The predicted octanol–water partition coefficient (Wildman–Crippen LogP) is 0.755. The average Bonchev–Trinajstić information content (AvgIpc) is 2.30. The zero-order valence-electron chi connectivity index (χ0n) is 10.6. The topological polar surface area (TPSA) is 83.6 Å². The second kappa shape index (κ2) is 6.16. The molecule has 0 aliphatic carbocycles. The number of rotatable bonds is 5. The maximum Gasteiger partial charge on any atom is 0.305 e. The molecule has 1 aromatic rings. The summed E-state index contributed by atoms with van der Waals surface area (Å²) in [6.45, 7) is 2.41. The second-order valence-electron chi connectivity index (χ2n) is 4.38. The molecule has 0 aliphatic heterocycles. The third kappa shape index (κ3) is 4.18. The number of amides is 1. The molecule has 0 radical (unpaired) electrons. The van der Waals surface area contributed by atoms with E-state index in [0.717, 1.165) is 11.1 Å². The molecule has 0 aliphatic rings. The molecule has 5 heteroatoms. The molecule has 0 heterocycles. The molecule has 0 saturated carbocycles. The van der Waals surface area contributed by atoms with E-state index in [4.69, 9.17) is 10.8 Å². The van der Waals surface area contributed by atoms with Crippen LogP contribution in [0.5, 0.6) is 0 Å². The lowest BCUT2D eigenvalue weighted by Gasteiger charge is -2.20. The number of nitrogens with two attached hydrogens (primary N) is 1. The molecular formula is C13H18N2O3. The van der Waals surface area contributed by atoms with E-state index in [-0.39, 0.29) is 12.3 Å². The van der Waals surface area contributed by atoms with Crippen LogP contribution in [-0.4, -0.2) is 35.0 Å². The Bertz CT molecular complexity index is 428. The van der Waals surface area contributed by atoms with E-state index in [1.165, 1.54) is 4.90 Å². The van der Waals surface area contributed by atoms with Gasteiger partial charge in [-0.3, -0.25) is 9.59 Å². The molecular weight excluding hydrogens is 232 g/mol. The van der Waals surface area contributed by atoms with Crippen LogP contribution in [0.15, 0.2) is 24.3 Å². The van der Waals surface area contributed by atoms with E-state index in [9.17, 15) is 9.59 Å². The summed E-state index contributed by atoms with van der Waals surface area (Å²) < 4.78 is 0. The van der Waals surface area contributed by atoms with Crippen LogP contribution in [0.2, 0.25) is 0 Å². The average molecular weight is 250 g/mol. The van der Waals surface area contributed by atoms with Gasteiger partial charge in [0.1, 0.15) is 0 Å². The van der Waals surface area contributed by atoms with Crippen molar-refractivity contribution in [2.75, 3.05) is 7.05 Å². The fourth-order valence-corrected chi connectivity index (χ4v) is 1.60. The molecule has 1 atom stereocenters. The molecule has 98 valence electrons. The lowest BCUT2D eigenvalue weighted by molar-refractivity contribution is -0.141. The third-order valence-corrected chi connectivity index (χ3v) is 2.63. The van der Waals surface area contributed by atoms with E-state index in [1.807, 2.05) is 31.2 Å². The monoisotopic (exact) mass is 250 g/mol. The molecule has 1 unspecified atom stereocenters. The fraction of sp³-hybridized carbons (Fsp3) is 0.385. The summed E-state index contributed by atoms with van der Waals surface area (Å²) >= 11 is 0. The van der Waals surface area contributed by atoms with Gasteiger partial charge in [-0.05, 0) is 12.5 Å². The fourth-order valence-electron chi connectivity index (χ4n) is 1.60. The van der Waals surface area contributed by atoms with Crippen LogP contribution in [0.4, 0.5) is 0 Å². The van der Waals surface area contributed by atoms with E-state index >= 15 is 0 Å². The standard InChI is InChI=1S/C13H18N2O3/c1-9-3-5-10(6-4-9)8-15(2)13(18)11(14)7-12(16)17/h3-6,11H,7-8,14H2,1-2H3,(H,16,17). The number of aryl methyl sites for hydroxylation is 1. The lowest BCUT2D eigenvalue weighted by atomic mass is 10.1. The van der Waals surface area contributed by atoms with Crippen molar-refractivity contribution in [3.05, 3.63) is 35.4 Å². The first-order valence-electron chi connectivity index (χ1n) is 5.68. The molecule has 1 amide bonds. The maximum atomic E-state index is 11.8. The minimum absolute atomic E-state index is 0.350. The van der Waals surface area contributed by atoms with E-state index in [1.54, 1.807) is 7.05 Å². The van der Waals surface area contributed by atoms with Crippen molar-refractivity contribution in [3.63, 3.8) is 0 Å². The Labute approximate surface area is 106 Å². The van der Waals surface area contributed by atoms with Crippen molar-refractivity contribution in [2.45, 2.75) is 25.9 Å². The number of carbonyl (C=O) groups excluding carboxylic acids is 1. The van der Waals surface area contributed by atoms with Gasteiger partial charge in [0.2, 0.25) is 5.91 Å². The molecule has 5 nitrogen and oxygen atoms in total. The summed E-state index contributed by atoms with van der Waals surface area (Å²) in [7, 11) is 1.61. The van der Waals surface area contributed by atoms with Gasteiger partial charge < -0.3 is 15.7 Å². The van der Waals surface area contributed by atoms with Crippen LogP contribution in [0, 0.1) is 6.92 Å². The highest BCUT2D eigenvalue weighted by Crippen LogP contribution is 2.07. The highest BCUT2D eigenvalue weighted by molar-refractivity contribution is 5.85. The minimum Gasteiger partial charge on any atom is -0.481 e.